The van der Waals surface area contributed by atoms with E-state index in [4.69, 9.17) is 4.74 Å². The standard InChI is InChI=1S/C21H25NO2/c1-4-5-6-9-15-12-18(23)20-16(17-10-7-8-11-22-17)14-21(2,3)24-19(20)13-15/h7-8,10-14,23H,4-6,9H2,1-3H3. The Morgan fingerprint density at radius 2 is 2.00 bits per heavy atom. The van der Waals surface area contributed by atoms with Gasteiger partial charge in [0.05, 0.1) is 11.3 Å². The van der Waals surface area contributed by atoms with Crippen molar-refractivity contribution in [2.75, 3.05) is 0 Å². The normalized spacial score (nSPS) is 15.4. The van der Waals surface area contributed by atoms with Crippen molar-refractivity contribution in [1.82, 2.24) is 4.98 Å². The Bertz CT molecular complexity index is 748. The van der Waals surface area contributed by atoms with Gasteiger partial charge in [0, 0.05) is 11.8 Å². The molecular weight excluding hydrogens is 298 g/mol. The molecule has 2 aromatic rings. The minimum absolute atomic E-state index is 0.270. The molecule has 1 aromatic heterocycles. The Hall–Kier alpha value is -2.29. The largest absolute Gasteiger partial charge is 0.507 e. The first-order valence-electron chi connectivity index (χ1n) is 8.70. The lowest BCUT2D eigenvalue weighted by Crippen LogP contribution is -2.29. The third-order valence-electron chi connectivity index (χ3n) is 4.29. The fourth-order valence-corrected chi connectivity index (χ4v) is 3.19. The zero-order valence-corrected chi connectivity index (χ0v) is 14.7. The van der Waals surface area contributed by atoms with Gasteiger partial charge in [0.25, 0.3) is 0 Å². The number of unbranched alkanes of at least 4 members (excludes halogenated alkanes) is 2. The van der Waals surface area contributed by atoms with Gasteiger partial charge < -0.3 is 9.84 Å². The van der Waals surface area contributed by atoms with Gasteiger partial charge in [-0.2, -0.15) is 0 Å². The molecule has 0 atom stereocenters. The average Bonchev–Trinajstić information content (AvgIpc) is 2.54. The van der Waals surface area contributed by atoms with Crippen molar-refractivity contribution in [3.8, 4) is 11.5 Å². The summed E-state index contributed by atoms with van der Waals surface area (Å²) >= 11 is 0. The molecular formula is C21H25NO2. The molecule has 0 aliphatic carbocycles. The van der Waals surface area contributed by atoms with Gasteiger partial charge in [-0.15, -0.1) is 0 Å². The number of hydrogen-bond acceptors (Lipinski definition) is 3. The fourth-order valence-electron chi connectivity index (χ4n) is 3.19. The molecule has 3 nitrogen and oxygen atoms in total. The molecule has 3 heteroatoms. The van der Waals surface area contributed by atoms with E-state index in [0.29, 0.717) is 0 Å². The number of ether oxygens (including phenoxy) is 1. The zero-order chi connectivity index (χ0) is 17.2. The van der Waals surface area contributed by atoms with Gasteiger partial charge in [0.15, 0.2) is 0 Å². The topological polar surface area (TPSA) is 42.4 Å². The summed E-state index contributed by atoms with van der Waals surface area (Å²) in [6.07, 6.45) is 8.28. The quantitative estimate of drug-likeness (QED) is 0.776. The van der Waals surface area contributed by atoms with Crippen LogP contribution in [0.2, 0.25) is 0 Å². The van der Waals surface area contributed by atoms with Gasteiger partial charge >= 0.3 is 0 Å². The molecule has 0 saturated carbocycles. The van der Waals surface area contributed by atoms with Crippen LogP contribution in [0, 0.1) is 0 Å². The summed E-state index contributed by atoms with van der Waals surface area (Å²) < 4.78 is 6.13. The average molecular weight is 323 g/mol. The van der Waals surface area contributed by atoms with E-state index >= 15 is 0 Å². The van der Waals surface area contributed by atoms with E-state index in [-0.39, 0.29) is 5.75 Å². The molecule has 24 heavy (non-hydrogen) atoms. The summed E-state index contributed by atoms with van der Waals surface area (Å²) in [4.78, 5) is 4.46. The van der Waals surface area contributed by atoms with Crippen LogP contribution >= 0.6 is 0 Å². The first-order valence-corrected chi connectivity index (χ1v) is 8.70. The Kier molecular flexibility index (Phi) is 4.61. The molecule has 0 bridgehead atoms. The summed E-state index contributed by atoms with van der Waals surface area (Å²) in [5, 5.41) is 10.6. The number of hydrogen-bond donors (Lipinski definition) is 1. The number of fused-ring (bicyclic) bond motifs is 1. The van der Waals surface area contributed by atoms with Crippen LogP contribution < -0.4 is 4.74 Å². The van der Waals surface area contributed by atoms with Crippen molar-refractivity contribution in [3.05, 3.63) is 59.4 Å². The summed E-state index contributed by atoms with van der Waals surface area (Å²) in [7, 11) is 0. The highest BCUT2D eigenvalue weighted by Crippen LogP contribution is 2.44. The van der Waals surface area contributed by atoms with Gasteiger partial charge in [-0.3, -0.25) is 4.98 Å². The molecule has 0 saturated heterocycles. The first-order chi connectivity index (χ1) is 11.5. The van der Waals surface area contributed by atoms with Gasteiger partial charge in [0.2, 0.25) is 0 Å². The van der Waals surface area contributed by atoms with E-state index in [1.807, 2.05) is 44.2 Å². The second-order valence-corrected chi connectivity index (χ2v) is 6.92. The van der Waals surface area contributed by atoms with E-state index in [1.165, 1.54) is 12.8 Å². The van der Waals surface area contributed by atoms with E-state index < -0.39 is 5.60 Å². The first kappa shape index (κ1) is 16.6. The molecule has 0 amide bonds. The van der Waals surface area contributed by atoms with E-state index in [9.17, 15) is 5.11 Å². The van der Waals surface area contributed by atoms with Crippen molar-refractivity contribution in [2.24, 2.45) is 0 Å². The Morgan fingerprint density at radius 3 is 2.71 bits per heavy atom. The SMILES string of the molecule is CCCCCc1cc(O)c2c(c1)OC(C)(C)C=C2c1ccccn1. The number of rotatable bonds is 5. The van der Waals surface area contributed by atoms with Crippen molar-refractivity contribution >= 4 is 5.57 Å². The number of aromatic hydroxyl groups is 1. The Labute approximate surface area is 144 Å². The van der Waals surface area contributed by atoms with Gasteiger partial charge in [-0.05, 0) is 62.6 Å². The molecule has 0 spiro atoms. The minimum Gasteiger partial charge on any atom is -0.507 e. The number of pyridine rings is 1. The molecule has 2 heterocycles. The predicted octanol–water partition coefficient (Wildman–Crippen LogP) is 5.12. The lowest BCUT2D eigenvalue weighted by molar-refractivity contribution is 0.157. The number of benzene rings is 1. The van der Waals surface area contributed by atoms with E-state index in [2.05, 4.69) is 18.0 Å². The van der Waals surface area contributed by atoms with Crippen molar-refractivity contribution < 1.29 is 9.84 Å². The second kappa shape index (κ2) is 6.68. The van der Waals surface area contributed by atoms with Crippen LogP contribution in [-0.4, -0.2) is 15.7 Å². The molecule has 0 radical (unpaired) electrons. The summed E-state index contributed by atoms with van der Waals surface area (Å²) in [5.74, 6) is 1.01. The molecule has 1 N–H and O–H groups in total. The monoisotopic (exact) mass is 323 g/mol. The third-order valence-corrected chi connectivity index (χ3v) is 4.29. The van der Waals surface area contributed by atoms with Crippen LogP contribution in [0.25, 0.3) is 5.57 Å². The highest BCUT2D eigenvalue weighted by Gasteiger charge is 2.30. The lowest BCUT2D eigenvalue weighted by Gasteiger charge is -2.31. The van der Waals surface area contributed by atoms with Crippen molar-refractivity contribution in [2.45, 2.75) is 52.1 Å². The van der Waals surface area contributed by atoms with Crippen LogP contribution in [0.4, 0.5) is 0 Å². The zero-order valence-electron chi connectivity index (χ0n) is 14.7. The molecule has 126 valence electrons. The summed E-state index contributed by atoms with van der Waals surface area (Å²) in [6.45, 7) is 6.25. The van der Waals surface area contributed by atoms with Crippen LogP contribution in [0.15, 0.2) is 42.6 Å². The number of nitrogens with zero attached hydrogens (tertiary/aromatic N) is 1. The highest BCUT2D eigenvalue weighted by molar-refractivity contribution is 5.86. The molecule has 1 aliphatic heterocycles. The van der Waals surface area contributed by atoms with Crippen LogP contribution in [0.3, 0.4) is 0 Å². The fraction of sp³-hybridized carbons (Fsp3) is 0.381. The maximum absolute atomic E-state index is 10.6. The van der Waals surface area contributed by atoms with E-state index in [1.54, 1.807) is 6.20 Å². The third kappa shape index (κ3) is 3.45. The molecule has 1 aliphatic rings. The van der Waals surface area contributed by atoms with Gasteiger partial charge in [0.1, 0.15) is 17.1 Å². The molecule has 0 unspecified atom stereocenters. The summed E-state index contributed by atoms with van der Waals surface area (Å²) in [6, 6.07) is 9.76. The van der Waals surface area contributed by atoms with Crippen LogP contribution in [0.1, 0.15) is 56.9 Å². The van der Waals surface area contributed by atoms with E-state index in [0.717, 1.165) is 41.0 Å². The molecule has 3 rings (SSSR count). The number of aromatic nitrogens is 1. The van der Waals surface area contributed by atoms with Crippen molar-refractivity contribution in [1.29, 1.82) is 0 Å². The number of phenols is 1. The van der Waals surface area contributed by atoms with Crippen molar-refractivity contribution in [3.63, 3.8) is 0 Å². The minimum atomic E-state index is -0.436. The smallest absolute Gasteiger partial charge is 0.132 e. The maximum atomic E-state index is 10.6. The molecule has 1 aromatic carbocycles. The summed E-state index contributed by atoms with van der Waals surface area (Å²) in [5.41, 5.74) is 3.21. The van der Waals surface area contributed by atoms with Gasteiger partial charge in [-0.25, -0.2) is 0 Å². The van der Waals surface area contributed by atoms with Crippen LogP contribution in [0.5, 0.6) is 11.5 Å². The van der Waals surface area contributed by atoms with Gasteiger partial charge in [-0.1, -0.05) is 25.8 Å². The second-order valence-electron chi connectivity index (χ2n) is 6.92. The number of aryl methyl sites for hydroxylation is 1. The highest BCUT2D eigenvalue weighted by atomic mass is 16.5. The molecule has 0 fully saturated rings. The Balaban J connectivity index is 2.04. The lowest BCUT2D eigenvalue weighted by atomic mass is 9.90. The van der Waals surface area contributed by atoms with Crippen LogP contribution in [-0.2, 0) is 6.42 Å². The number of phenolic OH excluding ortho intramolecular Hbond substituents is 1. The Morgan fingerprint density at radius 1 is 1.17 bits per heavy atom. The predicted molar refractivity (Wildman–Crippen MR) is 97.4 cm³/mol. The maximum Gasteiger partial charge on any atom is 0.132 e.